The molecule has 2 aromatic rings. The minimum absolute atomic E-state index is 0.256. The lowest BCUT2D eigenvalue weighted by Gasteiger charge is -2.15. The summed E-state index contributed by atoms with van der Waals surface area (Å²) in [6.07, 6.45) is 0. The van der Waals surface area contributed by atoms with Crippen LogP contribution in [0.5, 0.6) is 0 Å². The van der Waals surface area contributed by atoms with Crippen LogP contribution < -0.4 is 10.6 Å². The van der Waals surface area contributed by atoms with E-state index in [0.29, 0.717) is 16.5 Å². The minimum Gasteiger partial charge on any atom is -0.322 e. The average molecular weight is 434 g/mol. The van der Waals surface area contributed by atoms with E-state index in [9.17, 15) is 14.4 Å². The number of amides is 4. The highest BCUT2D eigenvalue weighted by atomic mass is 35.5. The number of anilines is 1. The third-order valence-electron chi connectivity index (χ3n) is 4.81. The molecule has 0 radical (unpaired) electrons. The molecule has 29 heavy (non-hydrogen) atoms. The molecule has 2 aromatic carbocycles. The number of rotatable bonds is 5. The van der Waals surface area contributed by atoms with Gasteiger partial charge in [0.25, 0.3) is 5.91 Å². The molecule has 1 heterocycles. The molecule has 3 rings (SSSR count). The van der Waals surface area contributed by atoms with Gasteiger partial charge >= 0.3 is 6.03 Å². The number of benzene rings is 2. The lowest BCUT2D eigenvalue weighted by molar-refractivity contribution is -0.130. The molecule has 2 N–H and O–H groups in total. The van der Waals surface area contributed by atoms with Crippen molar-refractivity contribution in [1.29, 1.82) is 0 Å². The van der Waals surface area contributed by atoms with Crippen molar-refractivity contribution < 1.29 is 14.4 Å². The maximum atomic E-state index is 12.7. The maximum Gasteiger partial charge on any atom is 0.325 e. The van der Waals surface area contributed by atoms with Gasteiger partial charge in [-0.15, -0.1) is 0 Å². The smallest absolute Gasteiger partial charge is 0.322 e. The van der Waals surface area contributed by atoms with Crippen molar-refractivity contribution in [2.45, 2.75) is 32.7 Å². The molecular weight excluding hydrogens is 413 g/mol. The van der Waals surface area contributed by atoms with Gasteiger partial charge in [-0.3, -0.25) is 14.5 Å². The van der Waals surface area contributed by atoms with Gasteiger partial charge in [0.2, 0.25) is 5.91 Å². The summed E-state index contributed by atoms with van der Waals surface area (Å²) in [5, 5.41) is 5.79. The summed E-state index contributed by atoms with van der Waals surface area (Å²) in [5.74, 6) is -0.694. The Bertz CT molecular complexity index is 974. The zero-order valence-electron chi connectivity index (χ0n) is 16.3. The van der Waals surface area contributed by atoms with Crippen LogP contribution in [0.25, 0.3) is 0 Å². The van der Waals surface area contributed by atoms with Crippen LogP contribution in [0.2, 0.25) is 10.0 Å². The number of carbonyl (C=O) groups excluding carboxylic acids is 3. The van der Waals surface area contributed by atoms with Gasteiger partial charge in [0.1, 0.15) is 12.6 Å². The highest BCUT2D eigenvalue weighted by molar-refractivity contribution is 6.40. The summed E-state index contributed by atoms with van der Waals surface area (Å²) in [5.41, 5.74) is 2.80. The Morgan fingerprint density at radius 1 is 1.14 bits per heavy atom. The lowest BCUT2D eigenvalue weighted by atomic mass is 9.99. The van der Waals surface area contributed by atoms with Crippen molar-refractivity contribution in [3.63, 3.8) is 0 Å². The summed E-state index contributed by atoms with van der Waals surface area (Å²) in [7, 11) is 0. The minimum atomic E-state index is -0.817. The molecule has 1 fully saturated rings. The molecular formula is C21H21Cl2N3O3. The number of nitrogens with one attached hydrogen (secondary N) is 2. The standard InChI is InChI=1S/C21H21Cl2N3O3/c1-11(2)13-5-7-14(8-6-13)18-20(28)26(21(29)25-18)10-16(27)24-19-15(22)9-4-12(3)17(19)23/h4-9,11,18H,10H2,1-3H3,(H,24,27)(H,25,29). The summed E-state index contributed by atoms with van der Waals surface area (Å²) >= 11 is 12.3. The Hall–Kier alpha value is -2.57. The molecule has 1 saturated heterocycles. The fourth-order valence-electron chi connectivity index (χ4n) is 3.06. The lowest BCUT2D eigenvalue weighted by Crippen LogP contribution is -2.38. The molecule has 1 unspecified atom stereocenters. The Morgan fingerprint density at radius 2 is 1.79 bits per heavy atom. The van der Waals surface area contributed by atoms with Crippen LogP contribution in [-0.4, -0.2) is 29.3 Å². The van der Waals surface area contributed by atoms with Crippen LogP contribution in [0.1, 0.15) is 42.5 Å². The van der Waals surface area contributed by atoms with Gasteiger partial charge in [-0.05, 0) is 35.6 Å². The highest BCUT2D eigenvalue weighted by Gasteiger charge is 2.40. The topological polar surface area (TPSA) is 78.5 Å². The van der Waals surface area contributed by atoms with Gasteiger partial charge in [-0.2, -0.15) is 0 Å². The SMILES string of the molecule is Cc1ccc(Cl)c(NC(=O)CN2C(=O)NC(c3ccc(C(C)C)cc3)C2=O)c1Cl. The molecule has 1 aliphatic heterocycles. The van der Waals surface area contributed by atoms with E-state index < -0.39 is 30.4 Å². The molecule has 8 heteroatoms. The van der Waals surface area contributed by atoms with Crippen molar-refractivity contribution in [3.8, 4) is 0 Å². The van der Waals surface area contributed by atoms with Gasteiger partial charge in [0.15, 0.2) is 0 Å². The van der Waals surface area contributed by atoms with E-state index in [4.69, 9.17) is 23.2 Å². The number of hydrogen-bond acceptors (Lipinski definition) is 3. The second-order valence-electron chi connectivity index (χ2n) is 7.23. The molecule has 152 valence electrons. The monoisotopic (exact) mass is 433 g/mol. The zero-order valence-corrected chi connectivity index (χ0v) is 17.8. The van der Waals surface area contributed by atoms with E-state index in [1.165, 1.54) is 0 Å². The van der Waals surface area contributed by atoms with Crippen LogP contribution in [0.4, 0.5) is 10.5 Å². The Balaban J connectivity index is 1.72. The van der Waals surface area contributed by atoms with Crippen molar-refractivity contribution >= 4 is 46.7 Å². The highest BCUT2D eigenvalue weighted by Crippen LogP contribution is 2.33. The third kappa shape index (κ3) is 4.38. The first-order chi connectivity index (χ1) is 13.7. The number of urea groups is 1. The summed E-state index contributed by atoms with van der Waals surface area (Å²) in [6.45, 7) is 5.49. The molecule has 4 amide bonds. The first kappa shape index (κ1) is 21.1. The second-order valence-corrected chi connectivity index (χ2v) is 8.01. The Morgan fingerprint density at radius 3 is 2.41 bits per heavy atom. The molecule has 0 aromatic heterocycles. The normalized spacial score (nSPS) is 16.3. The van der Waals surface area contributed by atoms with Gasteiger partial charge in [0.05, 0.1) is 15.7 Å². The van der Waals surface area contributed by atoms with Gasteiger partial charge in [-0.25, -0.2) is 4.79 Å². The van der Waals surface area contributed by atoms with Crippen LogP contribution in [0.3, 0.4) is 0 Å². The summed E-state index contributed by atoms with van der Waals surface area (Å²) in [4.78, 5) is 38.3. The number of aryl methyl sites for hydroxylation is 1. The van der Waals surface area contributed by atoms with E-state index in [-0.39, 0.29) is 10.7 Å². The van der Waals surface area contributed by atoms with E-state index in [1.54, 1.807) is 19.1 Å². The Labute approximate surface area is 179 Å². The first-order valence-corrected chi connectivity index (χ1v) is 9.90. The quantitative estimate of drug-likeness (QED) is 0.673. The molecule has 1 aliphatic rings. The van der Waals surface area contributed by atoms with Gasteiger partial charge in [-0.1, -0.05) is 67.4 Å². The number of nitrogens with zero attached hydrogens (tertiary/aromatic N) is 1. The van der Waals surface area contributed by atoms with E-state index >= 15 is 0 Å². The fourth-order valence-corrected chi connectivity index (χ4v) is 3.53. The van der Waals surface area contributed by atoms with E-state index in [0.717, 1.165) is 16.0 Å². The van der Waals surface area contributed by atoms with Crippen LogP contribution in [0, 0.1) is 6.92 Å². The fraction of sp³-hybridized carbons (Fsp3) is 0.286. The van der Waals surface area contributed by atoms with Crippen LogP contribution in [0.15, 0.2) is 36.4 Å². The van der Waals surface area contributed by atoms with E-state index in [2.05, 4.69) is 24.5 Å². The molecule has 0 saturated carbocycles. The van der Waals surface area contributed by atoms with Crippen molar-refractivity contribution in [1.82, 2.24) is 10.2 Å². The third-order valence-corrected chi connectivity index (χ3v) is 5.61. The number of hydrogen-bond donors (Lipinski definition) is 2. The largest absolute Gasteiger partial charge is 0.325 e. The number of carbonyl (C=O) groups is 3. The molecule has 0 spiro atoms. The van der Waals surface area contributed by atoms with Crippen molar-refractivity contribution in [3.05, 3.63) is 63.1 Å². The number of halogens is 2. The van der Waals surface area contributed by atoms with Crippen molar-refractivity contribution in [2.75, 3.05) is 11.9 Å². The molecule has 1 atom stereocenters. The molecule has 0 bridgehead atoms. The van der Waals surface area contributed by atoms with Gasteiger partial charge in [0, 0.05) is 0 Å². The first-order valence-electron chi connectivity index (χ1n) is 9.15. The number of imide groups is 1. The molecule has 0 aliphatic carbocycles. The second kappa shape index (κ2) is 8.43. The van der Waals surface area contributed by atoms with Crippen LogP contribution >= 0.6 is 23.2 Å². The molecule has 6 nitrogen and oxygen atoms in total. The predicted octanol–water partition coefficient (Wildman–Crippen LogP) is 4.66. The van der Waals surface area contributed by atoms with Crippen molar-refractivity contribution in [2.24, 2.45) is 0 Å². The predicted molar refractivity (Wildman–Crippen MR) is 113 cm³/mol. The Kier molecular flexibility index (Phi) is 6.15. The van der Waals surface area contributed by atoms with E-state index in [1.807, 2.05) is 24.3 Å². The zero-order chi connectivity index (χ0) is 21.3. The maximum absolute atomic E-state index is 12.7. The summed E-state index contributed by atoms with van der Waals surface area (Å²) < 4.78 is 0. The summed E-state index contributed by atoms with van der Waals surface area (Å²) in [6, 6.07) is 9.39. The average Bonchev–Trinajstić information content (AvgIpc) is 2.96. The van der Waals surface area contributed by atoms with Gasteiger partial charge < -0.3 is 10.6 Å². The van der Waals surface area contributed by atoms with Crippen LogP contribution in [-0.2, 0) is 9.59 Å².